The van der Waals surface area contributed by atoms with Crippen LogP contribution in [0.15, 0.2) is 42.6 Å². The van der Waals surface area contributed by atoms with E-state index < -0.39 is 34.9 Å². The molecule has 2 atom stereocenters. The molecule has 0 amide bonds. The summed E-state index contributed by atoms with van der Waals surface area (Å²) in [6, 6.07) is 8.72. The van der Waals surface area contributed by atoms with Gasteiger partial charge in [-0.2, -0.15) is 13.2 Å². The van der Waals surface area contributed by atoms with Gasteiger partial charge in [0.25, 0.3) is 0 Å². The summed E-state index contributed by atoms with van der Waals surface area (Å²) in [5.74, 6) is -2.05. The monoisotopic (exact) mass is 428 g/mol. The number of aromatic nitrogens is 1. The van der Waals surface area contributed by atoms with Crippen LogP contribution in [-0.4, -0.2) is 40.4 Å². The number of alkyl halides is 3. The predicted molar refractivity (Wildman–Crippen MR) is 103 cm³/mol. The Hall–Kier alpha value is -2.06. The van der Waals surface area contributed by atoms with Gasteiger partial charge in [-0.3, -0.25) is 9.88 Å². The van der Waals surface area contributed by atoms with Crippen molar-refractivity contribution in [1.82, 2.24) is 9.88 Å². The van der Waals surface area contributed by atoms with E-state index in [1.807, 2.05) is 30.9 Å². The molecule has 3 rings (SSSR count). The molecule has 1 aliphatic heterocycles. The summed E-state index contributed by atoms with van der Waals surface area (Å²) in [5.41, 5.74) is -0.959. The highest BCUT2D eigenvalue weighted by molar-refractivity contribution is 5.19. The molecule has 164 valence electrons. The summed E-state index contributed by atoms with van der Waals surface area (Å²) < 4.78 is 67.3. The number of hydrogen-bond acceptors (Lipinski definition) is 3. The molecule has 0 unspecified atom stereocenters. The molecule has 3 nitrogen and oxygen atoms in total. The predicted octanol–water partition coefficient (Wildman–Crippen LogP) is 4.84. The molecule has 2 heterocycles. The molecule has 1 fully saturated rings. The molecular formula is C22H25F5N2O. The Labute approximate surface area is 172 Å². The van der Waals surface area contributed by atoms with Crippen LogP contribution in [-0.2, 0) is 12.0 Å². The van der Waals surface area contributed by atoms with E-state index in [1.165, 1.54) is 6.07 Å². The number of pyridine rings is 1. The second kappa shape index (κ2) is 8.23. The summed E-state index contributed by atoms with van der Waals surface area (Å²) in [4.78, 5) is 6.24. The van der Waals surface area contributed by atoms with Crippen molar-refractivity contribution in [1.29, 1.82) is 0 Å². The topological polar surface area (TPSA) is 36.4 Å². The molecule has 0 spiro atoms. The van der Waals surface area contributed by atoms with Crippen LogP contribution in [0.4, 0.5) is 22.0 Å². The van der Waals surface area contributed by atoms with Crippen molar-refractivity contribution < 1.29 is 27.1 Å². The molecule has 1 aliphatic rings. The molecule has 2 aromatic rings. The minimum absolute atomic E-state index is 0.00640. The Morgan fingerprint density at radius 3 is 2.47 bits per heavy atom. The van der Waals surface area contributed by atoms with Crippen LogP contribution in [0.1, 0.15) is 37.9 Å². The Balaban J connectivity index is 1.85. The summed E-state index contributed by atoms with van der Waals surface area (Å²) in [7, 11) is 0. The van der Waals surface area contributed by atoms with E-state index in [-0.39, 0.29) is 25.8 Å². The first-order chi connectivity index (χ1) is 14.0. The fourth-order valence-corrected chi connectivity index (χ4v) is 4.26. The molecule has 1 N–H and O–H groups in total. The van der Waals surface area contributed by atoms with Crippen LogP contribution in [0.2, 0.25) is 0 Å². The maximum atomic E-state index is 13.5. The first kappa shape index (κ1) is 22.6. The number of nitrogens with zero attached hydrogens (tertiary/aromatic N) is 2. The number of aliphatic hydroxyl groups is 1. The van der Waals surface area contributed by atoms with E-state index in [4.69, 9.17) is 0 Å². The highest BCUT2D eigenvalue weighted by Crippen LogP contribution is 2.47. The van der Waals surface area contributed by atoms with Crippen molar-refractivity contribution in [3.05, 3.63) is 65.5 Å². The number of rotatable bonds is 6. The van der Waals surface area contributed by atoms with Gasteiger partial charge in [0.2, 0.25) is 0 Å². The van der Waals surface area contributed by atoms with Gasteiger partial charge in [-0.15, -0.1) is 0 Å². The van der Waals surface area contributed by atoms with E-state index in [9.17, 15) is 27.1 Å². The molecule has 0 aliphatic carbocycles. The molecule has 1 aromatic carbocycles. The zero-order valence-electron chi connectivity index (χ0n) is 16.9. The minimum Gasteiger partial charge on any atom is -0.383 e. The average molecular weight is 428 g/mol. The fourth-order valence-electron chi connectivity index (χ4n) is 4.26. The molecule has 1 saturated heterocycles. The van der Waals surface area contributed by atoms with Crippen LogP contribution in [0.25, 0.3) is 0 Å². The molecule has 0 radical (unpaired) electrons. The number of benzene rings is 1. The highest BCUT2D eigenvalue weighted by Gasteiger charge is 2.56. The standard InChI is InChI=1S/C22H25F5N2O/c1-20(2,18-5-3-4-11-28-18)29-12-10-21(14-29,19(30)22(25,26)27)9-8-15-6-7-16(23)17(24)13-15/h3-7,11,13,19,30H,8-10,12,14H2,1-2H3/t19-,21-/m1/s1. The van der Waals surface area contributed by atoms with Gasteiger partial charge in [0, 0.05) is 18.2 Å². The summed E-state index contributed by atoms with van der Waals surface area (Å²) >= 11 is 0. The lowest BCUT2D eigenvalue weighted by atomic mass is 9.75. The van der Waals surface area contributed by atoms with E-state index in [0.29, 0.717) is 12.1 Å². The van der Waals surface area contributed by atoms with Gasteiger partial charge in [-0.25, -0.2) is 8.78 Å². The average Bonchev–Trinajstić information content (AvgIpc) is 3.15. The lowest BCUT2D eigenvalue weighted by molar-refractivity contribution is -0.239. The van der Waals surface area contributed by atoms with Crippen LogP contribution in [0, 0.1) is 17.0 Å². The Bertz CT molecular complexity index is 872. The summed E-state index contributed by atoms with van der Waals surface area (Å²) in [6.07, 6.45) is -5.43. The lowest BCUT2D eigenvalue weighted by Gasteiger charge is -2.39. The van der Waals surface area contributed by atoms with E-state index >= 15 is 0 Å². The maximum Gasteiger partial charge on any atom is 0.414 e. The largest absolute Gasteiger partial charge is 0.414 e. The van der Waals surface area contributed by atoms with Crippen LogP contribution < -0.4 is 0 Å². The minimum atomic E-state index is -4.78. The van der Waals surface area contributed by atoms with Crippen LogP contribution >= 0.6 is 0 Å². The smallest absolute Gasteiger partial charge is 0.383 e. The molecule has 30 heavy (non-hydrogen) atoms. The number of halogens is 5. The van der Waals surface area contributed by atoms with Crippen molar-refractivity contribution >= 4 is 0 Å². The number of hydrogen-bond donors (Lipinski definition) is 1. The van der Waals surface area contributed by atoms with E-state index in [0.717, 1.165) is 17.8 Å². The van der Waals surface area contributed by atoms with E-state index in [2.05, 4.69) is 4.98 Å². The van der Waals surface area contributed by atoms with Crippen molar-refractivity contribution in [2.75, 3.05) is 13.1 Å². The molecule has 0 saturated carbocycles. The lowest BCUT2D eigenvalue weighted by Crippen LogP contribution is -2.49. The Morgan fingerprint density at radius 1 is 1.13 bits per heavy atom. The first-order valence-electron chi connectivity index (χ1n) is 9.81. The summed E-state index contributed by atoms with van der Waals surface area (Å²) in [5, 5.41) is 10.3. The van der Waals surface area contributed by atoms with Gasteiger partial charge in [0.05, 0.1) is 11.2 Å². The third-order valence-electron chi connectivity index (χ3n) is 6.25. The van der Waals surface area contributed by atoms with Crippen molar-refractivity contribution in [2.24, 2.45) is 5.41 Å². The Morgan fingerprint density at radius 2 is 1.87 bits per heavy atom. The zero-order valence-corrected chi connectivity index (χ0v) is 16.9. The van der Waals surface area contributed by atoms with Crippen LogP contribution in [0.3, 0.4) is 0 Å². The van der Waals surface area contributed by atoms with Gasteiger partial charge >= 0.3 is 6.18 Å². The first-order valence-corrected chi connectivity index (χ1v) is 9.81. The second-order valence-corrected chi connectivity index (χ2v) is 8.50. The van der Waals surface area contributed by atoms with Gasteiger partial charge < -0.3 is 5.11 Å². The molecular weight excluding hydrogens is 403 g/mol. The van der Waals surface area contributed by atoms with Gasteiger partial charge in [-0.1, -0.05) is 12.1 Å². The SMILES string of the molecule is CC(C)(c1ccccn1)N1CC[C@@](CCc2ccc(F)c(F)c2)([C@@H](O)C(F)(F)F)C1. The quantitative estimate of drug-likeness (QED) is 0.669. The van der Waals surface area contributed by atoms with E-state index in [1.54, 1.807) is 12.3 Å². The van der Waals surface area contributed by atoms with Crippen molar-refractivity contribution in [3.8, 4) is 0 Å². The highest BCUT2D eigenvalue weighted by atomic mass is 19.4. The van der Waals surface area contributed by atoms with Gasteiger partial charge in [-0.05, 0) is 69.5 Å². The molecule has 0 bridgehead atoms. The second-order valence-electron chi connectivity index (χ2n) is 8.50. The normalized spacial score (nSPS) is 21.7. The van der Waals surface area contributed by atoms with Crippen molar-refractivity contribution in [3.63, 3.8) is 0 Å². The Kier molecular flexibility index (Phi) is 6.20. The molecule has 8 heteroatoms. The van der Waals surface area contributed by atoms with Crippen LogP contribution in [0.5, 0.6) is 0 Å². The maximum absolute atomic E-state index is 13.5. The zero-order chi connectivity index (χ0) is 22.2. The number of aliphatic hydroxyl groups excluding tert-OH is 1. The number of likely N-dealkylation sites (tertiary alicyclic amines) is 1. The molecule has 1 aromatic heterocycles. The number of aryl methyl sites for hydroxylation is 1. The van der Waals surface area contributed by atoms with Gasteiger partial charge in [0.15, 0.2) is 17.7 Å². The fraction of sp³-hybridized carbons (Fsp3) is 0.500. The third kappa shape index (κ3) is 4.49. The summed E-state index contributed by atoms with van der Waals surface area (Å²) in [6.45, 7) is 4.15. The van der Waals surface area contributed by atoms with Crippen molar-refractivity contribution in [2.45, 2.75) is 50.9 Å². The van der Waals surface area contributed by atoms with Gasteiger partial charge in [0.1, 0.15) is 0 Å². The third-order valence-corrected chi connectivity index (χ3v) is 6.25.